The first kappa shape index (κ1) is 33.9. The van der Waals surface area contributed by atoms with E-state index >= 15 is 4.39 Å². The number of carbonyl (C=O) groups is 3. The first-order chi connectivity index (χ1) is 22.0. The van der Waals surface area contributed by atoms with Crippen LogP contribution in [-0.4, -0.2) is 73.2 Å². The number of aromatic nitrogens is 1. The van der Waals surface area contributed by atoms with Crippen LogP contribution in [0.2, 0.25) is 0 Å². The molecule has 1 saturated carbocycles. The number of likely N-dealkylation sites (N-methyl/N-ethyl adjacent to an activating group) is 1. The largest absolute Gasteiger partial charge is 0.494 e. The maximum absolute atomic E-state index is 15.4. The second-order valence-electron chi connectivity index (χ2n) is 10.7. The summed E-state index contributed by atoms with van der Waals surface area (Å²) in [6.45, 7) is 2.11. The monoisotopic (exact) mass is 648 g/mol. The van der Waals surface area contributed by atoms with Gasteiger partial charge < -0.3 is 31.3 Å². The molecule has 1 aliphatic heterocycles. The van der Waals surface area contributed by atoms with Crippen molar-refractivity contribution in [2.45, 2.75) is 31.2 Å². The van der Waals surface area contributed by atoms with E-state index in [0.717, 1.165) is 23.4 Å². The Morgan fingerprint density at radius 2 is 2.04 bits per heavy atom. The maximum atomic E-state index is 15.4. The van der Waals surface area contributed by atoms with Crippen LogP contribution in [-0.2, 0) is 20.9 Å². The number of nitrogens with two attached hydrogens (primary N) is 1. The zero-order valence-electron chi connectivity index (χ0n) is 26.3. The van der Waals surface area contributed by atoms with Crippen molar-refractivity contribution in [2.24, 2.45) is 16.6 Å². The van der Waals surface area contributed by atoms with Gasteiger partial charge in [0.05, 0.1) is 30.7 Å². The molecule has 0 saturated heterocycles. The molecule has 0 spiro atoms. The summed E-state index contributed by atoms with van der Waals surface area (Å²) < 4.78 is 21.1. The number of nitrogens with zero attached hydrogens (tertiary/aromatic N) is 3. The van der Waals surface area contributed by atoms with Gasteiger partial charge in [0.2, 0.25) is 0 Å². The molecule has 3 amide bonds. The number of rotatable bonds is 12. The predicted molar refractivity (Wildman–Crippen MR) is 177 cm³/mol. The van der Waals surface area contributed by atoms with Crippen molar-refractivity contribution in [3.63, 3.8) is 0 Å². The number of dihydropyridines is 1. The predicted octanol–water partition coefficient (Wildman–Crippen LogP) is 3.14. The molecule has 1 aromatic carbocycles. The van der Waals surface area contributed by atoms with Crippen LogP contribution >= 0.6 is 11.8 Å². The SMILES string of the molecule is CNC(=O)C(=N)/C(=C\C(N)=NC(=O)C1CC1)Nc1cc(F)c(C)c(C2=CC=C(C(=O)N(C)Cc3cc(SC)ccn3)NC2)c1OC. The summed E-state index contributed by atoms with van der Waals surface area (Å²) in [5, 5.41) is 16.8. The van der Waals surface area contributed by atoms with E-state index in [0.29, 0.717) is 28.9 Å². The molecule has 2 heterocycles. The van der Waals surface area contributed by atoms with Gasteiger partial charge in [-0.05, 0) is 55.4 Å². The zero-order chi connectivity index (χ0) is 33.5. The van der Waals surface area contributed by atoms with E-state index in [9.17, 15) is 14.4 Å². The van der Waals surface area contributed by atoms with Gasteiger partial charge in [0, 0.05) is 55.4 Å². The lowest BCUT2D eigenvalue weighted by Gasteiger charge is -2.25. The molecule has 0 bridgehead atoms. The Morgan fingerprint density at radius 3 is 2.65 bits per heavy atom. The first-order valence-corrected chi connectivity index (χ1v) is 15.6. The number of hydrogen-bond acceptors (Lipinski definition) is 9. The Balaban J connectivity index is 1.65. The Labute approximate surface area is 271 Å². The number of carbonyl (C=O) groups excluding carboxylic acids is 3. The fraction of sp³-hybridized carbons (Fsp3) is 0.312. The molecule has 0 radical (unpaired) electrons. The second kappa shape index (κ2) is 14.9. The molecular formula is C32H37FN8O4S. The van der Waals surface area contributed by atoms with Crippen molar-refractivity contribution >= 4 is 52.3 Å². The molecule has 4 rings (SSSR count). The summed E-state index contributed by atoms with van der Waals surface area (Å²) in [5.41, 5.74) is 7.90. The summed E-state index contributed by atoms with van der Waals surface area (Å²) >= 11 is 1.59. The van der Waals surface area contributed by atoms with Crippen molar-refractivity contribution in [3.05, 3.63) is 76.7 Å². The van der Waals surface area contributed by atoms with Crippen LogP contribution in [0, 0.1) is 24.1 Å². The van der Waals surface area contributed by atoms with E-state index in [1.807, 2.05) is 18.4 Å². The fourth-order valence-corrected chi connectivity index (χ4v) is 5.16. The van der Waals surface area contributed by atoms with Crippen LogP contribution < -0.4 is 26.4 Å². The number of ether oxygens (including phenoxy) is 1. The lowest BCUT2D eigenvalue weighted by Crippen LogP contribution is -2.35. The van der Waals surface area contributed by atoms with Crippen molar-refractivity contribution in [2.75, 3.05) is 39.3 Å². The number of anilines is 1. The number of thioether (sulfide) groups is 1. The Morgan fingerprint density at radius 1 is 1.30 bits per heavy atom. The number of amides is 3. The molecule has 0 atom stereocenters. The third kappa shape index (κ3) is 7.99. The van der Waals surface area contributed by atoms with Crippen LogP contribution in [0.5, 0.6) is 5.75 Å². The quantitative estimate of drug-likeness (QED) is 0.132. The van der Waals surface area contributed by atoms with Crippen molar-refractivity contribution < 1.29 is 23.5 Å². The van der Waals surface area contributed by atoms with Crippen molar-refractivity contribution in [1.29, 1.82) is 5.41 Å². The van der Waals surface area contributed by atoms with E-state index in [1.165, 1.54) is 26.3 Å². The molecular weight excluding hydrogens is 611 g/mol. The van der Waals surface area contributed by atoms with Gasteiger partial charge in [-0.1, -0.05) is 6.08 Å². The molecule has 2 aromatic rings. The number of aliphatic imine (C=N–C) groups is 1. The fourth-order valence-electron chi connectivity index (χ4n) is 4.71. The average molecular weight is 649 g/mol. The van der Waals surface area contributed by atoms with E-state index in [-0.39, 0.29) is 47.2 Å². The number of hydrogen-bond donors (Lipinski definition) is 5. The highest BCUT2D eigenvalue weighted by molar-refractivity contribution is 7.98. The van der Waals surface area contributed by atoms with Crippen LogP contribution in [0.15, 0.2) is 63.9 Å². The Kier molecular flexibility index (Phi) is 11.0. The summed E-state index contributed by atoms with van der Waals surface area (Å²) in [7, 11) is 4.46. The normalized spacial score (nSPS) is 14.8. The molecule has 12 nitrogen and oxygen atoms in total. The van der Waals surface area contributed by atoms with Crippen LogP contribution in [0.25, 0.3) is 5.57 Å². The van der Waals surface area contributed by atoms with Gasteiger partial charge in [-0.3, -0.25) is 24.8 Å². The number of pyridine rings is 1. The summed E-state index contributed by atoms with van der Waals surface area (Å²) in [6, 6.07) is 5.02. The number of amidine groups is 1. The van der Waals surface area contributed by atoms with Gasteiger partial charge in [0.25, 0.3) is 17.7 Å². The van der Waals surface area contributed by atoms with Crippen LogP contribution in [0.3, 0.4) is 0 Å². The highest BCUT2D eigenvalue weighted by Crippen LogP contribution is 2.39. The summed E-state index contributed by atoms with van der Waals surface area (Å²) in [5.74, 6) is -2.10. The molecule has 0 unspecified atom stereocenters. The minimum Gasteiger partial charge on any atom is -0.494 e. The molecule has 2 aliphatic rings. The molecule has 46 heavy (non-hydrogen) atoms. The minimum atomic E-state index is -0.744. The summed E-state index contributed by atoms with van der Waals surface area (Å²) in [6.07, 6.45) is 9.68. The van der Waals surface area contributed by atoms with Crippen LogP contribution in [0.4, 0.5) is 10.1 Å². The van der Waals surface area contributed by atoms with Crippen LogP contribution in [0.1, 0.15) is 29.7 Å². The van der Waals surface area contributed by atoms with Gasteiger partial charge in [-0.15, -0.1) is 11.8 Å². The summed E-state index contributed by atoms with van der Waals surface area (Å²) in [4.78, 5) is 48.6. The average Bonchev–Trinajstić information content (AvgIpc) is 3.91. The number of methoxy groups -OCH3 is 1. The lowest BCUT2D eigenvalue weighted by molar-refractivity contribution is -0.126. The molecule has 1 fully saturated rings. The molecule has 6 N–H and O–H groups in total. The molecule has 1 aliphatic carbocycles. The van der Waals surface area contributed by atoms with Crippen molar-refractivity contribution in [1.82, 2.24) is 20.5 Å². The number of benzene rings is 1. The second-order valence-corrected chi connectivity index (χ2v) is 11.6. The smallest absolute Gasteiger partial charge is 0.271 e. The number of halogens is 1. The molecule has 14 heteroatoms. The van der Waals surface area contributed by atoms with E-state index in [2.05, 4.69) is 25.9 Å². The third-order valence-corrected chi connectivity index (χ3v) is 8.10. The molecule has 1 aromatic heterocycles. The highest BCUT2D eigenvalue weighted by atomic mass is 32.2. The van der Waals surface area contributed by atoms with E-state index in [1.54, 1.807) is 49.0 Å². The standard InChI is InChI=1S/C32H37FN8O4S/c1-17-22(33)13-25(39-24(28(35)31(43)36-2)14-26(34)40-30(42)18-6-7-18)29(45-4)27(17)19-8-9-23(38-15-19)32(44)41(3)16-20-12-21(46-5)10-11-37-20/h8-14,18,35,38-39H,6-7,15-16H2,1-5H3,(H,36,43)(H2,34,40,42)/b24-14+,35-28?. The van der Waals surface area contributed by atoms with E-state index in [4.69, 9.17) is 15.9 Å². The van der Waals surface area contributed by atoms with Gasteiger partial charge in [0.15, 0.2) is 0 Å². The maximum Gasteiger partial charge on any atom is 0.271 e. The van der Waals surface area contributed by atoms with Crippen molar-refractivity contribution in [3.8, 4) is 5.75 Å². The first-order valence-electron chi connectivity index (χ1n) is 14.4. The van der Waals surface area contributed by atoms with Gasteiger partial charge in [-0.2, -0.15) is 4.99 Å². The molecule has 242 valence electrons. The third-order valence-electron chi connectivity index (χ3n) is 7.37. The minimum absolute atomic E-state index is 0.105. The number of allylic oxidation sites excluding steroid dienone is 2. The van der Waals surface area contributed by atoms with Gasteiger partial charge in [0.1, 0.15) is 28.8 Å². The Hall–Kier alpha value is -4.98. The highest BCUT2D eigenvalue weighted by Gasteiger charge is 2.30. The van der Waals surface area contributed by atoms with Gasteiger partial charge in [-0.25, -0.2) is 4.39 Å². The lowest BCUT2D eigenvalue weighted by atomic mass is 9.95. The topological polar surface area (TPSA) is 175 Å². The van der Waals surface area contributed by atoms with E-state index < -0.39 is 17.4 Å². The zero-order valence-corrected chi connectivity index (χ0v) is 27.1. The number of nitrogens with one attached hydrogen (secondary N) is 4. The van der Waals surface area contributed by atoms with Gasteiger partial charge >= 0.3 is 0 Å². The Bertz CT molecular complexity index is 1700.